The summed E-state index contributed by atoms with van der Waals surface area (Å²) in [5.74, 6) is -0.954. The van der Waals surface area contributed by atoms with Crippen molar-refractivity contribution in [2.75, 3.05) is 12.4 Å². The summed E-state index contributed by atoms with van der Waals surface area (Å²) in [7, 11) is 1.55. The van der Waals surface area contributed by atoms with Crippen molar-refractivity contribution in [2.24, 2.45) is 0 Å². The molecule has 0 aliphatic carbocycles. The first-order valence-electron chi connectivity index (χ1n) is 13.8. The van der Waals surface area contributed by atoms with Crippen LogP contribution in [0, 0.1) is 10.1 Å². The zero-order valence-corrected chi connectivity index (χ0v) is 23.8. The van der Waals surface area contributed by atoms with Crippen LogP contribution >= 0.6 is 0 Å². The number of carbonyl (C=O) groups excluding carboxylic acids is 1. The second-order valence-electron chi connectivity index (χ2n) is 10.2. The van der Waals surface area contributed by atoms with Gasteiger partial charge in [-0.2, -0.15) is 0 Å². The Kier molecular flexibility index (Phi) is 7.57. The molecule has 0 aliphatic heterocycles. The number of carboxylic acid groups (broad SMARTS) is 1. The summed E-state index contributed by atoms with van der Waals surface area (Å²) in [6.07, 6.45) is 2.23. The maximum atomic E-state index is 12.8. The Morgan fingerprint density at radius 3 is 2.51 bits per heavy atom. The van der Waals surface area contributed by atoms with E-state index >= 15 is 0 Å². The summed E-state index contributed by atoms with van der Waals surface area (Å²) >= 11 is 0. The lowest BCUT2D eigenvalue weighted by molar-refractivity contribution is -0.383. The Morgan fingerprint density at radius 2 is 1.80 bits per heavy atom. The molecule has 0 saturated carbocycles. The van der Waals surface area contributed by atoms with Crippen LogP contribution in [0.5, 0.6) is 11.5 Å². The van der Waals surface area contributed by atoms with Gasteiger partial charge >= 0.3 is 5.97 Å². The molecule has 226 valence electrons. The van der Waals surface area contributed by atoms with Gasteiger partial charge in [0.15, 0.2) is 0 Å². The molecular weight excluding hydrogens is 582 g/mol. The van der Waals surface area contributed by atoms with E-state index < -0.39 is 16.6 Å². The van der Waals surface area contributed by atoms with Gasteiger partial charge in [-0.3, -0.25) is 19.6 Å². The van der Waals surface area contributed by atoms with Crippen LogP contribution in [0.2, 0.25) is 0 Å². The van der Waals surface area contributed by atoms with Gasteiger partial charge in [0, 0.05) is 47.1 Å². The number of ether oxygens (including phenoxy) is 1. The quantitative estimate of drug-likeness (QED) is 0.119. The molecule has 0 radical (unpaired) electrons. The van der Waals surface area contributed by atoms with Crippen LogP contribution in [0.1, 0.15) is 23.2 Å². The highest BCUT2D eigenvalue weighted by Crippen LogP contribution is 2.42. The van der Waals surface area contributed by atoms with E-state index in [9.17, 15) is 29.9 Å². The van der Waals surface area contributed by atoms with E-state index in [0.717, 1.165) is 0 Å². The molecule has 6 rings (SSSR count). The molecule has 6 aromatic rings. The molecule has 13 nitrogen and oxygen atoms in total. The van der Waals surface area contributed by atoms with Crippen LogP contribution < -0.4 is 10.1 Å². The number of aromatic nitrogens is 3. The van der Waals surface area contributed by atoms with Crippen molar-refractivity contribution in [2.45, 2.75) is 19.4 Å². The number of nitrogens with zero attached hydrogens (tertiary/aromatic N) is 4. The molecule has 0 atom stereocenters. The lowest BCUT2D eigenvalue weighted by atomic mass is 10.0. The van der Waals surface area contributed by atoms with Crippen molar-refractivity contribution in [1.82, 2.24) is 15.0 Å². The number of hydrogen-bond acceptors (Lipinski definition) is 9. The predicted octanol–water partition coefficient (Wildman–Crippen LogP) is 6.25. The van der Waals surface area contributed by atoms with Crippen molar-refractivity contribution in [3.63, 3.8) is 0 Å². The molecule has 3 N–H and O–H groups in total. The monoisotopic (exact) mass is 607 g/mol. The summed E-state index contributed by atoms with van der Waals surface area (Å²) < 4.78 is 12.9. The number of nitrogens with one attached hydrogen (secondary N) is 1. The zero-order chi connectivity index (χ0) is 31.7. The molecule has 0 fully saturated rings. The largest absolute Gasteiger partial charge is 0.507 e. The number of carbonyl (C=O) groups is 2. The minimum atomic E-state index is -1.30. The van der Waals surface area contributed by atoms with Gasteiger partial charge in [-0.1, -0.05) is 23.4 Å². The lowest BCUT2D eigenvalue weighted by Crippen LogP contribution is -2.13. The van der Waals surface area contributed by atoms with Crippen molar-refractivity contribution in [3.05, 3.63) is 94.7 Å². The first kappa shape index (κ1) is 28.9. The number of benzene rings is 4. The number of methoxy groups -OCH3 is 1. The molecule has 1 amide bonds. The number of phenols is 1. The number of amides is 1. The highest BCUT2D eigenvalue weighted by atomic mass is 16.6. The number of aromatic carboxylic acids is 1. The van der Waals surface area contributed by atoms with Crippen LogP contribution in [0.25, 0.3) is 44.3 Å². The molecule has 0 unspecified atom stereocenters. The lowest BCUT2D eigenvalue weighted by Gasteiger charge is -2.09. The maximum Gasteiger partial charge on any atom is 0.339 e. The van der Waals surface area contributed by atoms with Gasteiger partial charge in [-0.15, -0.1) is 5.10 Å². The first-order valence-corrected chi connectivity index (χ1v) is 13.8. The van der Waals surface area contributed by atoms with E-state index in [2.05, 4.69) is 15.6 Å². The fourth-order valence-electron chi connectivity index (χ4n) is 5.19. The highest BCUT2D eigenvalue weighted by Gasteiger charge is 2.24. The maximum absolute atomic E-state index is 12.8. The molecule has 0 bridgehead atoms. The molecule has 0 aliphatic rings. The molecular formula is C32H25N5O8. The van der Waals surface area contributed by atoms with E-state index in [0.29, 0.717) is 63.1 Å². The zero-order valence-electron chi connectivity index (χ0n) is 23.8. The van der Waals surface area contributed by atoms with Crippen molar-refractivity contribution in [3.8, 4) is 34.1 Å². The van der Waals surface area contributed by atoms with E-state index in [1.807, 2.05) is 0 Å². The summed E-state index contributed by atoms with van der Waals surface area (Å²) in [5, 5.41) is 44.0. The first-order chi connectivity index (χ1) is 21.7. The molecule has 45 heavy (non-hydrogen) atoms. The van der Waals surface area contributed by atoms with Crippen molar-refractivity contribution < 1.29 is 33.9 Å². The fraction of sp³-hybridized carbons (Fsp3) is 0.125. The Bertz CT molecular complexity index is 2100. The van der Waals surface area contributed by atoms with Gasteiger partial charge in [-0.05, 0) is 48.9 Å². The van der Waals surface area contributed by atoms with Crippen molar-refractivity contribution >= 4 is 45.0 Å². The number of aryl methyl sites for hydroxylation is 1. The number of non-ortho nitro benzene ring substituents is 1. The van der Waals surface area contributed by atoms with Crippen molar-refractivity contribution in [1.29, 1.82) is 0 Å². The van der Waals surface area contributed by atoms with Crippen LogP contribution in [-0.4, -0.2) is 49.1 Å². The van der Waals surface area contributed by atoms with Crippen LogP contribution in [-0.2, 0) is 11.3 Å². The average Bonchev–Trinajstić information content (AvgIpc) is 3.64. The van der Waals surface area contributed by atoms with Gasteiger partial charge in [0.1, 0.15) is 34.1 Å². The number of nitro benzene ring substituents is 1. The van der Waals surface area contributed by atoms with E-state index in [-0.39, 0.29) is 29.2 Å². The van der Waals surface area contributed by atoms with E-state index in [4.69, 9.17) is 9.15 Å². The smallest absolute Gasteiger partial charge is 0.339 e. The highest BCUT2D eigenvalue weighted by molar-refractivity contribution is 6.06. The topological polar surface area (TPSA) is 183 Å². The van der Waals surface area contributed by atoms with E-state index in [1.165, 1.54) is 24.3 Å². The second-order valence-corrected chi connectivity index (χ2v) is 10.2. The van der Waals surface area contributed by atoms with Gasteiger partial charge in [0.2, 0.25) is 5.91 Å². The Balaban J connectivity index is 1.23. The third-order valence-corrected chi connectivity index (χ3v) is 7.35. The second kappa shape index (κ2) is 11.8. The summed E-state index contributed by atoms with van der Waals surface area (Å²) in [5.41, 5.74) is 1.99. The minimum absolute atomic E-state index is 0.0397. The third-order valence-electron chi connectivity index (χ3n) is 7.35. The van der Waals surface area contributed by atoms with Crippen LogP contribution in [0.15, 0.2) is 83.4 Å². The minimum Gasteiger partial charge on any atom is -0.507 e. The van der Waals surface area contributed by atoms with Crippen LogP contribution in [0.4, 0.5) is 11.4 Å². The Morgan fingerprint density at radius 1 is 1.04 bits per heavy atom. The average molecular weight is 608 g/mol. The molecule has 0 saturated heterocycles. The standard InChI is InChI=1S/C32H25N5O8/c1-44-19-10-8-18(9-11-19)31-30(23-15-22(32(40)41)27(38)16-28(23)45-31)25-17-36(35-34-25)14-4-7-29(39)33-24-12-13-26(37(42)43)21-6-3-2-5-20(21)24/h2-3,5-6,8-13,15-17,38H,4,7,14H2,1H3,(H,33,39)(H,40,41). The Hall–Kier alpha value is -6.24. The number of carboxylic acids is 1. The third kappa shape index (κ3) is 5.61. The number of nitro groups is 1. The van der Waals surface area contributed by atoms with Crippen LogP contribution in [0.3, 0.4) is 0 Å². The number of rotatable bonds is 10. The number of anilines is 1. The fourth-order valence-corrected chi connectivity index (χ4v) is 5.19. The number of aromatic hydroxyl groups is 1. The van der Waals surface area contributed by atoms with Gasteiger partial charge in [-0.25, -0.2) is 4.79 Å². The summed E-state index contributed by atoms with van der Waals surface area (Å²) in [6, 6.07) is 19.4. The number of fused-ring (bicyclic) bond motifs is 2. The van der Waals surface area contributed by atoms with E-state index in [1.54, 1.807) is 66.5 Å². The molecule has 2 heterocycles. The molecule has 4 aromatic carbocycles. The molecule has 0 spiro atoms. The van der Waals surface area contributed by atoms with Gasteiger partial charge < -0.3 is 24.7 Å². The Labute approximate surface area is 254 Å². The SMILES string of the molecule is COc1ccc(-c2oc3cc(O)c(C(=O)O)cc3c2-c2cn(CCCC(=O)Nc3ccc([N+](=O)[O-])c4ccccc34)nn2)cc1. The summed E-state index contributed by atoms with van der Waals surface area (Å²) in [6.45, 7) is 0.343. The number of hydrogen-bond donors (Lipinski definition) is 3. The normalized spacial score (nSPS) is 11.1. The van der Waals surface area contributed by atoms with Gasteiger partial charge in [0.05, 0.1) is 29.2 Å². The predicted molar refractivity (Wildman–Crippen MR) is 164 cm³/mol. The molecule has 13 heteroatoms. The van der Waals surface area contributed by atoms with Gasteiger partial charge in [0.25, 0.3) is 5.69 Å². The summed E-state index contributed by atoms with van der Waals surface area (Å²) in [4.78, 5) is 35.5. The molecule has 2 aromatic heterocycles. The number of furan rings is 1.